The van der Waals surface area contributed by atoms with Crippen molar-refractivity contribution in [1.82, 2.24) is 9.80 Å². The number of hydrogen-bond acceptors (Lipinski definition) is 3. The van der Waals surface area contributed by atoms with Crippen molar-refractivity contribution in [2.45, 2.75) is 0 Å². The lowest BCUT2D eigenvalue weighted by Crippen LogP contribution is -2.50. The third kappa shape index (κ3) is 6.21. The zero-order chi connectivity index (χ0) is 20.8. The molecule has 1 aliphatic heterocycles. The van der Waals surface area contributed by atoms with E-state index < -0.39 is 0 Å². The lowest BCUT2D eigenvalue weighted by Gasteiger charge is -2.33. The molecule has 1 heterocycles. The Bertz CT molecular complexity index is 925. The maximum atomic E-state index is 12.4. The highest BCUT2D eigenvalue weighted by Crippen LogP contribution is 2.22. The number of anilines is 1. The topological polar surface area (TPSA) is 52.7 Å². The standard InChI is InChI=1S/C21H20Cl3N3O2/c22-16-6-7-17(23)15(13-16)5-8-21(29)27-11-9-26(10-12-27)14-20(28)25-19-4-2-1-3-18(19)24/h1-8,13H,9-12,14H2,(H,25,28). The highest BCUT2D eigenvalue weighted by atomic mass is 35.5. The largest absolute Gasteiger partial charge is 0.337 e. The van der Waals surface area contributed by atoms with Gasteiger partial charge in [-0.1, -0.05) is 46.9 Å². The van der Waals surface area contributed by atoms with Gasteiger partial charge in [0.2, 0.25) is 11.8 Å². The minimum atomic E-state index is -0.131. The van der Waals surface area contributed by atoms with Gasteiger partial charge in [-0.15, -0.1) is 0 Å². The van der Waals surface area contributed by atoms with Gasteiger partial charge in [0.05, 0.1) is 17.3 Å². The van der Waals surface area contributed by atoms with Crippen LogP contribution < -0.4 is 5.32 Å². The first-order valence-corrected chi connectivity index (χ1v) is 10.2. The van der Waals surface area contributed by atoms with Gasteiger partial charge in [-0.2, -0.15) is 0 Å². The Labute approximate surface area is 184 Å². The fraction of sp³-hybridized carbons (Fsp3) is 0.238. The van der Waals surface area contributed by atoms with Crippen LogP contribution in [0.25, 0.3) is 6.08 Å². The number of nitrogens with one attached hydrogen (secondary N) is 1. The van der Waals surface area contributed by atoms with E-state index in [2.05, 4.69) is 5.32 Å². The summed E-state index contributed by atoms with van der Waals surface area (Å²) in [4.78, 5) is 28.4. The van der Waals surface area contributed by atoms with Crippen LogP contribution in [0.3, 0.4) is 0 Å². The molecule has 2 aromatic rings. The van der Waals surface area contributed by atoms with Crippen molar-refractivity contribution in [2.75, 3.05) is 38.0 Å². The van der Waals surface area contributed by atoms with Gasteiger partial charge in [-0.3, -0.25) is 14.5 Å². The SMILES string of the molecule is O=C(CN1CCN(C(=O)C=Cc2cc(Cl)ccc2Cl)CC1)Nc1ccccc1Cl. The Morgan fingerprint density at radius 2 is 1.69 bits per heavy atom. The summed E-state index contributed by atoms with van der Waals surface area (Å²) in [6, 6.07) is 12.2. The van der Waals surface area contributed by atoms with Gasteiger partial charge in [0.15, 0.2) is 0 Å². The molecule has 5 nitrogen and oxygen atoms in total. The van der Waals surface area contributed by atoms with Gasteiger partial charge in [-0.25, -0.2) is 0 Å². The van der Waals surface area contributed by atoms with Gasteiger partial charge in [0, 0.05) is 42.3 Å². The molecule has 2 aromatic carbocycles. The predicted octanol–water partition coefficient (Wildman–Crippen LogP) is 4.44. The first-order valence-electron chi connectivity index (χ1n) is 9.11. The molecule has 1 N–H and O–H groups in total. The number of carbonyl (C=O) groups is 2. The second-order valence-electron chi connectivity index (χ2n) is 6.63. The zero-order valence-electron chi connectivity index (χ0n) is 15.6. The second kappa shape index (κ2) is 10.1. The van der Waals surface area contributed by atoms with Crippen molar-refractivity contribution in [3.05, 3.63) is 69.2 Å². The summed E-state index contributed by atoms with van der Waals surface area (Å²) < 4.78 is 0. The Kier molecular flexibility index (Phi) is 7.56. The zero-order valence-corrected chi connectivity index (χ0v) is 17.8. The van der Waals surface area contributed by atoms with Crippen LogP contribution in [-0.4, -0.2) is 54.3 Å². The number of rotatable bonds is 5. The van der Waals surface area contributed by atoms with Crippen LogP contribution in [0, 0.1) is 0 Å². The molecule has 1 saturated heterocycles. The molecule has 3 rings (SSSR count). The van der Waals surface area contributed by atoms with Crippen LogP contribution in [0.15, 0.2) is 48.5 Å². The van der Waals surface area contributed by atoms with Crippen molar-refractivity contribution >= 4 is 58.4 Å². The maximum Gasteiger partial charge on any atom is 0.246 e. The normalized spacial score (nSPS) is 14.9. The predicted molar refractivity (Wildman–Crippen MR) is 119 cm³/mol. The fourth-order valence-corrected chi connectivity index (χ4v) is 3.53. The summed E-state index contributed by atoms with van der Waals surface area (Å²) in [5.74, 6) is -0.227. The summed E-state index contributed by atoms with van der Waals surface area (Å²) in [6.07, 6.45) is 3.16. The van der Waals surface area contributed by atoms with Crippen molar-refractivity contribution < 1.29 is 9.59 Å². The number of nitrogens with zero attached hydrogens (tertiary/aromatic N) is 2. The van der Waals surface area contributed by atoms with E-state index in [1.165, 1.54) is 6.08 Å². The molecule has 0 spiro atoms. The van der Waals surface area contributed by atoms with E-state index in [1.54, 1.807) is 41.3 Å². The monoisotopic (exact) mass is 451 g/mol. The Morgan fingerprint density at radius 3 is 2.41 bits per heavy atom. The Hall–Kier alpha value is -2.05. The van der Waals surface area contributed by atoms with E-state index in [1.807, 2.05) is 17.0 Å². The summed E-state index contributed by atoms with van der Waals surface area (Å²) >= 11 is 18.1. The van der Waals surface area contributed by atoms with Crippen LogP contribution in [0.4, 0.5) is 5.69 Å². The number of amides is 2. The Balaban J connectivity index is 1.48. The average molecular weight is 453 g/mol. The van der Waals surface area contributed by atoms with E-state index in [4.69, 9.17) is 34.8 Å². The molecular weight excluding hydrogens is 433 g/mol. The number of piperazine rings is 1. The third-order valence-corrected chi connectivity index (χ3v) is 5.47. The number of benzene rings is 2. The van der Waals surface area contributed by atoms with Crippen LogP contribution in [-0.2, 0) is 9.59 Å². The third-order valence-electron chi connectivity index (χ3n) is 4.56. The average Bonchev–Trinajstić information content (AvgIpc) is 2.70. The number of halogens is 3. The molecule has 0 bridgehead atoms. The molecule has 1 aliphatic rings. The molecule has 0 radical (unpaired) electrons. The lowest BCUT2D eigenvalue weighted by molar-refractivity contribution is -0.127. The van der Waals surface area contributed by atoms with E-state index in [0.717, 1.165) is 0 Å². The van der Waals surface area contributed by atoms with Gasteiger partial charge in [-0.05, 0) is 42.0 Å². The van der Waals surface area contributed by atoms with Gasteiger partial charge in [0.25, 0.3) is 0 Å². The van der Waals surface area contributed by atoms with E-state index >= 15 is 0 Å². The van der Waals surface area contributed by atoms with E-state index in [-0.39, 0.29) is 18.4 Å². The summed E-state index contributed by atoms with van der Waals surface area (Å²) in [5, 5.41) is 4.41. The highest BCUT2D eigenvalue weighted by molar-refractivity contribution is 6.34. The number of para-hydroxylation sites is 1. The quantitative estimate of drug-likeness (QED) is 0.682. The molecule has 0 atom stereocenters. The number of hydrogen-bond donors (Lipinski definition) is 1. The molecule has 1 fully saturated rings. The fourth-order valence-electron chi connectivity index (χ4n) is 2.99. The number of carbonyl (C=O) groups excluding carboxylic acids is 2. The lowest BCUT2D eigenvalue weighted by atomic mass is 10.2. The minimum absolute atomic E-state index is 0.0961. The van der Waals surface area contributed by atoms with Crippen LogP contribution >= 0.6 is 34.8 Å². The minimum Gasteiger partial charge on any atom is -0.337 e. The molecule has 0 aliphatic carbocycles. The van der Waals surface area contributed by atoms with Crippen molar-refractivity contribution in [3.63, 3.8) is 0 Å². The Morgan fingerprint density at radius 1 is 0.966 bits per heavy atom. The summed E-state index contributed by atoms with van der Waals surface area (Å²) in [7, 11) is 0. The summed E-state index contributed by atoms with van der Waals surface area (Å²) in [6.45, 7) is 2.58. The molecular formula is C21H20Cl3N3O2. The molecule has 0 unspecified atom stereocenters. The molecule has 29 heavy (non-hydrogen) atoms. The van der Waals surface area contributed by atoms with Crippen molar-refractivity contribution in [2.24, 2.45) is 0 Å². The van der Waals surface area contributed by atoms with E-state index in [0.29, 0.717) is 52.5 Å². The van der Waals surface area contributed by atoms with Crippen LogP contribution in [0.2, 0.25) is 15.1 Å². The smallest absolute Gasteiger partial charge is 0.246 e. The van der Waals surface area contributed by atoms with Gasteiger partial charge < -0.3 is 10.2 Å². The van der Waals surface area contributed by atoms with Crippen molar-refractivity contribution in [3.8, 4) is 0 Å². The summed E-state index contributed by atoms with van der Waals surface area (Å²) in [5.41, 5.74) is 1.29. The van der Waals surface area contributed by atoms with Crippen LogP contribution in [0.5, 0.6) is 0 Å². The maximum absolute atomic E-state index is 12.4. The van der Waals surface area contributed by atoms with Crippen LogP contribution in [0.1, 0.15) is 5.56 Å². The molecule has 8 heteroatoms. The van der Waals surface area contributed by atoms with Crippen molar-refractivity contribution in [1.29, 1.82) is 0 Å². The molecule has 2 amide bonds. The first kappa shape index (κ1) is 21.7. The highest BCUT2D eigenvalue weighted by Gasteiger charge is 2.21. The molecule has 0 aromatic heterocycles. The first-order chi connectivity index (χ1) is 13.9. The molecule has 152 valence electrons. The second-order valence-corrected chi connectivity index (χ2v) is 7.88. The van der Waals surface area contributed by atoms with Gasteiger partial charge in [0.1, 0.15) is 0 Å². The van der Waals surface area contributed by atoms with Gasteiger partial charge >= 0.3 is 0 Å². The molecule has 0 saturated carbocycles. The van der Waals surface area contributed by atoms with E-state index in [9.17, 15) is 9.59 Å².